The van der Waals surface area contributed by atoms with Gasteiger partial charge in [-0.3, -0.25) is 4.99 Å². The van der Waals surface area contributed by atoms with Gasteiger partial charge in [-0.15, -0.1) is 0 Å². The van der Waals surface area contributed by atoms with Gasteiger partial charge in [0.15, 0.2) is 0 Å². The normalized spacial score (nSPS) is 16.3. The average Bonchev–Trinajstić information content (AvgIpc) is 2.72. The second-order valence-electron chi connectivity index (χ2n) is 6.96. The summed E-state index contributed by atoms with van der Waals surface area (Å²) < 4.78 is 40.8. The van der Waals surface area contributed by atoms with Crippen LogP contribution in [0.25, 0.3) is 5.70 Å². The summed E-state index contributed by atoms with van der Waals surface area (Å²) in [5.74, 6) is 1.43. The van der Waals surface area contributed by atoms with Crippen LogP contribution >= 0.6 is 20.3 Å². The molecule has 172 valence electrons. The third-order valence-electron chi connectivity index (χ3n) is 4.55. The second kappa shape index (κ2) is 10.8. The molecule has 0 spiro atoms. The highest BCUT2D eigenvalue weighted by atomic mass is 35.5. The number of alkyl halides is 3. The topological polar surface area (TPSA) is 52.0 Å². The van der Waals surface area contributed by atoms with E-state index < -0.39 is 17.8 Å². The van der Waals surface area contributed by atoms with Crippen LogP contribution in [0, 0.1) is 0 Å². The molecule has 5 nitrogen and oxygen atoms in total. The zero-order valence-corrected chi connectivity index (χ0v) is 20.1. The first-order valence-corrected chi connectivity index (χ1v) is 11.1. The van der Waals surface area contributed by atoms with Crippen molar-refractivity contribution >= 4 is 43.8 Å². The lowest BCUT2D eigenvalue weighted by Gasteiger charge is -2.31. The van der Waals surface area contributed by atoms with E-state index in [1.165, 1.54) is 23.8 Å². The maximum atomic E-state index is 13.6. The second-order valence-corrected chi connectivity index (χ2v) is 8.68. The molecule has 0 fully saturated rings. The molecule has 0 saturated carbocycles. The number of aliphatic imine (C=N–C) groups is 2. The molecule has 1 heterocycles. The van der Waals surface area contributed by atoms with Crippen LogP contribution in [-0.4, -0.2) is 30.0 Å². The molecule has 0 aromatic heterocycles. The van der Waals surface area contributed by atoms with Gasteiger partial charge in [-0.1, -0.05) is 30.8 Å². The van der Waals surface area contributed by atoms with Gasteiger partial charge >= 0.3 is 6.18 Å². The van der Waals surface area contributed by atoms with E-state index in [1.54, 1.807) is 6.92 Å². The van der Waals surface area contributed by atoms with Gasteiger partial charge in [-0.05, 0) is 44.3 Å². The van der Waals surface area contributed by atoms with Crippen LogP contribution in [0.1, 0.15) is 31.9 Å². The van der Waals surface area contributed by atoms with E-state index in [0.29, 0.717) is 14.6 Å². The van der Waals surface area contributed by atoms with Crippen molar-refractivity contribution in [3.8, 4) is 0 Å². The standard InChI is InChI=1S/C22H26ClF3N5P/c1-7-27-20-17(11-16(23)12-18(20)22(24,25)26)14(4)29-15(5)21(28-8-2)31(6)19-10-9-13(3)32-30-19/h7-12,15,29-30,32H,2,4H2,1,3,5-6H3. The molecule has 0 saturated heterocycles. The first kappa shape index (κ1) is 25.7. The number of amidine groups is 1. The van der Waals surface area contributed by atoms with Gasteiger partial charge in [0.1, 0.15) is 11.7 Å². The van der Waals surface area contributed by atoms with Gasteiger partial charge in [0, 0.05) is 44.5 Å². The minimum absolute atomic E-state index is 0.0604. The maximum absolute atomic E-state index is 13.6. The summed E-state index contributed by atoms with van der Waals surface area (Å²) in [6.07, 6.45) is 2.05. The number of benzene rings is 1. The summed E-state index contributed by atoms with van der Waals surface area (Å²) >= 11 is 6.00. The van der Waals surface area contributed by atoms with Crippen molar-refractivity contribution < 1.29 is 13.2 Å². The van der Waals surface area contributed by atoms with Gasteiger partial charge in [0.2, 0.25) is 0 Å². The highest BCUT2D eigenvalue weighted by Crippen LogP contribution is 2.41. The molecule has 0 radical (unpaired) electrons. The quantitative estimate of drug-likeness (QED) is 0.266. The van der Waals surface area contributed by atoms with Crippen LogP contribution < -0.4 is 10.4 Å². The predicted molar refractivity (Wildman–Crippen MR) is 131 cm³/mol. The van der Waals surface area contributed by atoms with Crippen LogP contribution in [0.3, 0.4) is 0 Å². The fraction of sp³-hybridized carbons (Fsp3) is 0.273. The van der Waals surface area contributed by atoms with Crippen LogP contribution in [-0.2, 0) is 6.18 Å². The summed E-state index contributed by atoms with van der Waals surface area (Å²) in [4.78, 5) is 10.2. The summed E-state index contributed by atoms with van der Waals surface area (Å²) in [6, 6.07) is 1.85. The molecule has 10 heteroatoms. The van der Waals surface area contributed by atoms with Crippen LogP contribution in [0.4, 0.5) is 18.9 Å². The minimum atomic E-state index is -4.62. The monoisotopic (exact) mass is 483 g/mol. The Morgan fingerprint density at radius 1 is 1.34 bits per heavy atom. The molecule has 0 amide bonds. The van der Waals surface area contributed by atoms with E-state index in [-0.39, 0.29) is 22.0 Å². The van der Waals surface area contributed by atoms with E-state index in [1.807, 2.05) is 37.9 Å². The lowest BCUT2D eigenvalue weighted by Crippen LogP contribution is -2.43. The summed E-state index contributed by atoms with van der Waals surface area (Å²) in [6.45, 7) is 13.0. The number of hydrogen-bond acceptors (Lipinski definition) is 4. The molecule has 2 atom stereocenters. The summed E-state index contributed by atoms with van der Waals surface area (Å²) in [5.41, 5.74) is -0.779. The zero-order chi connectivity index (χ0) is 24.1. The average molecular weight is 484 g/mol. The first-order valence-electron chi connectivity index (χ1n) is 9.67. The number of nitrogens with zero attached hydrogens (tertiary/aromatic N) is 3. The fourth-order valence-corrected chi connectivity index (χ4v) is 4.03. The van der Waals surface area contributed by atoms with E-state index in [2.05, 4.69) is 33.5 Å². The molecular weight excluding hydrogens is 458 g/mol. The molecular formula is C22H26ClF3N5P. The number of likely N-dealkylation sites (N-methyl/N-ethyl adjacent to an activating group) is 1. The van der Waals surface area contributed by atoms with Gasteiger partial charge in [-0.2, -0.15) is 13.2 Å². The Morgan fingerprint density at radius 3 is 2.56 bits per heavy atom. The van der Waals surface area contributed by atoms with Gasteiger partial charge in [0.25, 0.3) is 0 Å². The third kappa shape index (κ3) is 6.24. The molecule has 1 aromatic rings. The van der Waals surface area contributed by atoms with Crippen molar-refractivity contribution in [3.63, 3.8) is 0 Å². The third-order valence-corrected chi connectivity index (χ3v) is 5.71. The van der Waals surface area contributed by atoms with E-state index in [4.69, 9.17) is 11.6 Å². The minimum Gasteiger partial charge on any atom is -0.375 e. The number of halogens is 4. The zero-order valence-electron chi connectivity index (χ0n) is 18.3. The van der Waals surface area contributed by atoms with Crippen molar-refractivity contribution in [2.24, 2.45) is 9.98 Å². The highest BCUT2D eigenvalue weighted by Gasteiger charge is 2.35. The molecule has 1 aliphatic rings. The van der Waals surface area contributed by atoms with Crippen molar-refractivity contribution in [2.45, 2.75) is 33.0 Å². The van der Waals surface area contributed by atoms with Crippen molar-refractivity contribution in [1.29, 1.82) is 0 Å². The molecule has 1 aliphatic heterocycles. The predicted octanol–water partition coefficient (Wildman–Crippen LogP) is 6.45. The fourth-order valence-electron chi connectivity index (χ4n) is 3.07. The van der Waals surface area contributed by atoms with Crippen LogP contribution in [0.15, 0.2) is 64.8 Å². The Hall–Kier alpha value is -2.57. The molecule has 32 heavy (non-hydrogen) atoms. The van der Waals surface area contributed by atoms with Crippen molar-refractivity contribution in [3.05, 3.63) is 70.9 Å². The largest absolute Gasteiger partial charge is 0.418 e. The number of rotatable bonds is 7. The Labute approximate surface area is 193 Å². The first-order chi connectivity index (χ1) is 15.0. The Morgan fingerprint density at radius 2 is 2.03 bits per heavy atom. The van der Waals surface area contributed by atoms with E-state index >= 15 is 0 Å². The lowest BCUT2D eigenvalue weighted by molar-refractivity contribution is -0.137. The molecule has 2 unspecified atom stereocenters. The van der Waals surface area contributed by atoms with Gasteiger partial charge in [0.05, 0.1) is 17.3 Å². The maximum Gasteiger partial charge on any atom is 0.418 e. The van der Waals surface area contributed by atoms with Gasteiger partial charge in [-0.25, -0.2) is 4.99 Å². The van der Waals surface area contributed by atoms with E-state index in [9.17, 15) is 13.2 Å². The SMILES string of the molecule is C=CN=C(C(C)NC(=C)c1cc(Cl)cc(C(F)(F)F)c1N=CC)N(C)C1=CC=C(C)PN1. The smallest absolute Gasteiger partial charge is 0.375 e. The summed E-state index contributed by atoms with van der Waals surface area (Å²) in [7, 11) is 2.29. The van der Waals surface area contributed by atoms with Crippen LogP contribution in [0.2, 0.25) is 5.02 Å². The molecule has 0 aliphatic carbocycles. The lowest BCUT2D eigenvalue weighted by atomic mass is 10.0. The summed E-state index contributed by atoms with van der Waals surface area (Å²) in [5, 5.41) is 7.61. The number of hydrogen-bond donors (Lipinski definition) is 2. The van der Waals surface area contributed by atoms with E-state index in [0.717, 1.165) is 11.9 Å². The number of allylic oxidation sites excluding steroid dienone is 3. The van der Waals surface area contributed by atoms with Crippen molar-refractivity contribution in [1.82, 2.24) is 15.3 Å². The molecule has 2 N–H and O–H groups in total. The number of nitrogens with one attached hydrogen (secondary N) is 2. The molecule has 0 bridgehead atoms. The van der Waals surface area contributed by atoms with Crippen LogP contribution in [0.5, 0.6) is 0 Å². The van der Waals surface area contributed by atoms with Crippen molar-refractivity contribution in [2.75, 3.05) is 7.05 Å². The molecule has 1 aromatic carbocycles. The van der Waals surface area contributed by atoms with Gasteiger partial charge < -0.3 is 15.3 Å². The highest BCUT2D eigenvalue weighted by molar-refractivity contribution is 7.41. The Bertz CT molecular complexity index is 1010. The Kier molecular flexibility index (Phi) is 8.70. The molecule has 2 rings (SSSR count). The Balaban J connectivity index is 2.39.